The third kappa shape index (κ3) is 5.64. The zero-order valence-electron chi connectivity index (χ0n) is 17.0. The Hall–Kier alpha value is -3.74. The fraction of sp³-hybridized carbons (Fsp3) is 0.217. The second-order valence-corrected chi connectivity index (χ2v) is 6.51. The summed E-state index contributed by atoms with van der Waals surface area (Å²) in [5.74, 6) is 2.10. The van der Waals surface area contributed by atoms with Crippen LogP contribution in [0.15, 0.2) is 66.7 Å². The lowest BCUT2D eigenvalue weighted by molar-refractivity contribution is -0.384. The molecule has 0 heterocycles. The molecule has 0 aliphatic carbocycles. The molecule has 0 fully saturated rings. The largest absolute Gasteiger partial charge is 0.497 e. The van der Waals surface area contributed by atoms with E-state index in [1.807, 2.05) is 49.4 Å². The number of benzene rings is 3. The van der Waals surface area contributed by atoms with E-state index in [9.17, 15) is 10.1 Å². The lowest BCUT2D eigenvalue weighted by Gasteiger charge is -2.14. The van der Waals surface area contributed by atoms with Crippen LogP contribution in [0, 0.1) is 10.1 Å². The maximum atomic E-state index is 10.8. The Morgan fingerprint density at radius 1 is 0.900 bits per heavy atom. The first kappa shape index (κ1) is 21.0. The van der Waals surface area contributed by atoms with Crippen LogP contribution in [0.3, 0.4) is 0 Å². The fourth-order valence-electron chi connectivity index (χ4n) is 2.84. The molecule has 0 spiro atoms. The van der Waals surface area contributed by atoms with Gasteiger partial charge in [0.2, 0.25) is 0 Å². The summed E-state index contributed by atoms with van der Waals surface area (Å²) in [6.45, 7) is 3.36. The quantitative estimate of drug-likeness (QED) is 0.367. The number of non-ortho nitro benzene ring substituents is 1. The number of hydrogen-bond donors (Lipinski definition) is 1. The number of nitrogens with zero attached hydrogens (tertiary/aromatic N) is 1. The summed E-state index contributed by atoms with van der Waals surface area (Å²) >= 11 is 0. The lowest BCUT2D eigenvalue weighted by atomic mass is 10.2. The smallest absolute Gasteiger partial charge is 0.269 e. The molecular weight excluding hydrogens is 384 g/mol. The molecule has 0 radical (unpaired) electrons. The van der Waals surface area contributed by atoms with Gasteiger partial charge in [-0.1, -0.05) is 6.07 Å². The van der Waals surface area contributed by atoms with Crippen LogP contribution < -0.4 is 19.5 Å². The van der Waals surface area contributed by atoms with Crippen molar-refractivity contribution >= 4 is 11.4 Å². The minimum Gasteiger partial charge on any atom is -0.497 e. The molecule has 0 atom stereocenters. The lowest BCUT2D eigenvalue weighted by Crippen LogP contribution is -2.03. The van der Waals surface area contributed by atoms with Gasteiger partial charge in [-0.2, -0.15) is 0 Å². The van der Waals surface area contributed by atoms with Gasteiger partial charge < -0.3 is 19.5 Å². The van der Waals surface area contributed by atoms with Crippen molar-refractivity contribution in [2.24, 2.45) is 0 Å². The SMILES string of the molecule is CCOc1cc(CNc2ccc(OC)cc2)ccc1OCc1ccc([N+](=O)[O-])cc1. The maximum Gasteiger partial charge on any atom is 0.269 e. The molecule has 0 unspecified atom stereocenters. The van der Waals surface area contributed by atoms with Crippen LogP contribution in [0.2, 0.25) is 0 Å². The molecule has 0 aliphatic heterocycles. The summed E-state index contributed by atoms with van der Waals surface area (Å²) in [5, 5.41) is 14.1. The average molecular weight is 408 g/mol. The summed E-state index contributed by atoms with van der Waals surface area (Å²) in [7, 11) is 1.64. The minimum absolute atomic E-state index is 0.0578. The fourth-order valence-corrected chi connectivity index (χ4v) is 2.84. The highest BCUT2D eigenvalue weighted by Crippen LogP contribution is 2.30. The summed E-state index contributed by atoms with van der Waals surface area (Å²) in [6.07, 6.45) is 0. The van der Waals surface area contributed by atoms with E-state index in [1.54, 1.807) is 19.2 Å². The number of rotatable bonds is 10. The number of nitrogens with one attached hydrogen (secondary N) is 1. The van der Waals surface area contributed by atoms with E-state index in [-0.39, 0.29) is 5.69 Å². The third-order valence-electron chi connectivity index (χ3n) is 4.44. The Morgan fingerprint density at radius 2 is 1.60 bits per heavy atom. The van der Waals surface area contributed by atoms with Crippen LogP contribution in [0.4, 0.5) is 11.4 Å². The first-order chi connectivity index (χ1) is 14.6. The van der Waals surface area contributed by atoms with Crippen molar-refractivity contribution < 1.29 is 19.1 Å². The van der Waals surface area contributed by atoms with Crippen LogP contribution in [0.25, 0.3) is 0 Å². The molecule has 3 aromatic rings. The molecule has 3 aromatic carbocycles. The molecule has 30 heavy (non-hydrogen) atoms. The van der Waals surface area contributed by atoms with E-state index in [0.29, 0.717) is 31.3 Å². The molecule has 1 N–H and O–H groups in total. The molecule has 3 rings (SSSR count). The predicted molar refractivity (Wildman–Crippen MR) is 115 cm³/mol. The van der Waals surface area contributed by atoms with Crippen molar-refractivity contribution in [2.45, 2.75) is 20.1 Å². The number of nitro groups is 1. The number of nitro benzene ring substituents is 1. The van der Waals surface area contributed by atoms with Gasteiger partial charge in [-0.15, -0.1) is 0 Å². The van der Waals surface area contributed by atoms with Gasteiger partial charge in [-0.3, -0.25) is 10.1 Å². The van der Waals surface area contributed by atoms with Crippen molar-refractivity contribution in [1.29, 1.82) is 0 Å². The van der Waals surface area contributed by atoms with E-state index in [4.69, 9.17) is 14.2 Å². The molecule has 7 heteroatoms. The Labute approximate surface area is 175 Å². The topological polar surface area (TPSA) is 82.9 Å². The van der Waals surface area contributed by atoms with E-state index >= 15 is 0 Å². The van der Waals surface area contributed by atoms with Crippen LogP contribution in [0.5, 0.6) is 17.2 Å². The number of ether oxygens (including phenoxy) is 3. The van der Waals surface area contributed by atoms with Crippen molar-refractivity contribution in [2.75, 3.05) is 19.0 Å². The standard InChI is InChI=1S/C23H24N2O5/c1-3-29-23-14-18(15-24-19-7-11-21(28-2)12-8-19)6-13-22(23)30-16-17-4-9-20(10-5-17)25(26)27/h4-14,24H,3,15-16H2,1-2H3. The van der Waals surface area contributed by atoms with Gasteiger partial charge in [0.1, 0.15) is 12.4 Å². The van der Waals surface area contributed by atoms with E-state index in [1.165, 1.54) is 12.1 Å². The summed E-state index contributed by atoms with van der Waals surface area (Å²) in [5.41, 5.74) is 2.94. The van der Waals surface area contributed by atoms with E-state index in [0.717, 1.165) is 22.6 Å². The summed E-state index contributed by atoms with van der Waals surface area (Å²) in [4.78, 5) is 10.3. The van der Waals surface area contributed by atoms with E-state index in [2.05, 4.69) is 5.32 Å². The van der Waals surface area contributed by atoms with Gasteiger partial charge >= 0.3 is 0 Å². The minimum atomic E-state index is -0.420. The molecule has 0 aliphatic rings. The molecule has 7 nitrogen and oxygen atoms in total. The highest BCUT2D eigenvalue weighted by molar-refractivity contribution is 5.48. The van der Waals surface area contributed by atoms with Crippen molar-refractivity contribution in [1.82, 2.24) is 0 Å². The Kier molecular flexibility index (Phi) is 7.10. The molecule has 156 valence electrons. The van der Waals surface area contributed by atoms with Crippen LogP contribution in [-0.2, 0) is 13.2 Å². The number of hydrogen-bond acceptors (Lipinski definition) is 6. The monoisotopic (exact) mass is 408 g/mol. The third-order valence-corrected chi connectivity index (χ3v) is 4.44. The van der Waals surface area contributed by atoms with Crippen molar-refractivity contribution in [3.8, 4) is 17.2 Å². The predicted octanol–water partition coefficient (Wildman–Crippen LogP) is 5.19. The molecule has 0 bridgehead atoms. The summed E-state index contributed by atoms with van der Waals surface area (Å²) in [6, 6.07) is 19.8. The molecule has 0 amide bonds. The van der Waals surface area contributed by atoms with Gasteiger partial charge in [0.15, 0.2) is 11.5 Å². The number of anilines is 1. The average Bonchev–Trinajstić information content (AvgIpc) is 2.78. The zero-order valence-corrected chi connectivity index (χ0v) is 17.0. The number of methoxy groups -OCH3 is 1. The molecule has 0 aromatic heterocycles. The van der Waals surface area contributed by atoms with Gasteiger partial charge in [-0.05, 0) is 66.6 Å². The normalized spacial score (nSPS) is 10.3. The Bertz CT molecular complexity index is 972. The van der Waals surface area contributed by atoms with Crippen LogP contribution in [0.1, 0.15) is 18.1 Å². The maximum absolute atomic E-state index is 10.8. The first-order valence-electron chi connectivity index (χ1n) is 9.59. The van der Waals surface area contributed by atoms with Crippen molar-refractivity contribution in [3.63, 3.8) is 0 Å². The van der Waals surface area contributed by atoms with Crippen LogP contribution in [-0.4, -0.2) is 18.6 Å². The second kappa shape index (κ2) is 10.2. The van der Waals surface area contributed by atoms with Gasteiger partial charge in [0, 0.05) is 24.4 Å². The second-order valence-electron chi connectivity index (χ2n) is 6.51. The zero-order chi connectivity index (χ0) is 21.3. The summed E-state index contributed by atoms with van der Waals surface area (Å²) < 4.78 is 16.8. The van der Waals surface area contributed by atoms with Crippen LogP contribution >= 0.6 is 0 Å². The van der Waals surface area contributed by atoms with Gasteiger partial charge in [-0.25, -0.2) is 0 Å². The van der Waals surface area contributed by atoms with Gasteiger partial charge in [0.25, 0.3) is 5.69 Å². The van der Waals surface area contributed by atoms with Gasteiger partial charge in [0.05, 0.1) is 18.6 Å². The Morgan fingerprint density at radius 3 is 2.23 bits per heavy atom. The highest BCUT2D eigenvalue weighted by atomic mass is 16.6. The Balaban J connectivity index is 1.64. The highest BCUT2D eigenvalue weighted by Gasteiger charge is 2.09. The first-order valence-corrected chi connectivity index (χ1v) is 9.59. The van der Waals surface area contributed by atoms with Crippen molar-refractivity contribution in [3.05, 3.63) is 88.0 Å². The molecular formula is C23H24N2O5. The van der Waals surface area contributed by atoms with E-state index < -0.39 is 4.92 Å². The molecule has 0 saturated carbocycles. The molecule has 0 saturated heterocycles.